The Morgan fingerprint density at radius 2 is 1.79 bits per heavy atom. The van der Waals surface area contributed by atoms with Crippen molar-refractivity contribution in [2.75, 3.05) is 51.7 Å². The zero-order valence-corrected chi connectivity index (χ0v) is 21.3. The maximum Gasteiger partial charge on any atom is 0.262 e. The number of nitrogens with one attached hydrogen (secondary N) is 1. The van der Waals surface area contributed by atoms with Crippen molar-refractivity contribution in [2.45, 2.75) is 38.0 Å². The minimum absolute atomic E-state index is 0.0426. The molecule has 0 radical (unpaired) electrons. The standard InChI is InChI=1S/C25H35N3O5S/c1-5-6-13-27-14-8-15-28(17-16-27)25(29)21-9-7-10-22(19(21)2)26-34(30,31)20-11-12-23(32-3)24(18-20)33-4/h7,9-12,18,26H,5-6,8,13-17H2,1-4H3. The number of sulfonamides is 1. The molecule has 0 bridgehead atoms. The first-order chi connectivity index (χ1) is 16.3. The number of carbonyl (C=O) groups excluding carboxylic acids is 1. The number of hydrogen-bond acceptors (Lipinski definition) is 6. The summed E-state index contributed by atoms with van der Waals surface area (Å²) < 4.78 is 39.2. The zero-order valence-electron chi connectivity index (χ0n) is 20.5. The van der Waals surface area contributed by atoms with Crippen LogP contribution in [0.25, 0.3) is 0 Å². The van der Waals surface area contributed by atoms with Crippen LogP contribution in [-0.4, -0.2) is 71.1 Å². The van der Waals surface area contributed by atoms with Crippen molar-refractivity contribution in [3.8, 4) is 11.5 Å². The molecular formula is C25H35N3O5S. The fourth-order valence-corrected chi connectivity index (χ4v) is 5.25. The monoisotopic (exact) mass is 489 g/mol. The minimum Gasteiger partial charge on any atom is -0.493 e. The van der Waals surface area contributed by atoms with Gasteiger partial charge >= 0.3 is 0 Å². The van der Waals surface area contributed by atoms with E-state index in [1.54, 1.807) is 31.2 Å². The second-order valence-electron chi connectivity index (χ2n) is 8.44. The molecule has 2 aromatic rings. The van der Waals surface area contributed by atoms with Gasteiger partial charge in [0.2, 0.25) is 0 Å². The van der Waals surface area contributed by atoms with Crippen molar-refractivity contribution in [1.82, 2.24) is 9.80 Å². The van der Waals surface area contributed by atoms with Gasteiger partial charge in [-0.3, -0.25) is 9.52 Å². The molecule has 1 aliphatic heterocycles. The Bertz CT molecular complexity index is 1100. The summed E-state index contributed by atoms with van der Waals surface area (Å²) >= 11 is 0. The molecule has 1 heterocycles. The lowest BCUT2D eigenvalue weighted by Crippen LogP contribution is -2.35. The number of nitrogens with zero attached hydrogens (tertiary/aromatic N) is 2. The lowest BCUT2D eigenvalue weighted by Gasteiger charge is -2.23. The maximum absolute atomic E-state index is 13.3. The van der Waals surface area contributed by atoms with Crippen LogP contribution in [0, 0.1) is 6.92 Å². The average molecular weight is 490 g/mol. The molecular weight excluding hydrogens is 454 g/mol. The molecule has 1 aliphatic rings. The Balaban J connectivity index is 1.79. The summed E-state index contributed by atoms with van der Waals surface area (Å²) in [6.45, 7) is 8.23. The predicted molar refractivity (Wildman–Crippen MR) is 133 cm³/mol. The second-order valence-corrected chi connectivity index (χ2v) is 10.1. The molecule has 1 fully saturated rings. The van der Waals surface area contributed by atoms with Crippen LogP contribution in [0.2, 0.25) is 0 Å². The number of hydrogen-bond donors (Lipinski definition) is 1. The van der Waals surface area contributed by atoms with Gasteiger partial charge in [-0.25, -0.2) is 8.42 Å². The number of benzene rings is 2. The largest absolute Gasteiger partial charge is 0.493 e. The molecule has 0 unspecified atom stereocenters. The van der Waals surface area contributed by atoms with Gasteiger partial charge in [-0.1, -0.05) is 19.4 Å². The molecule has 0 atom stereocenters. The molecule has 8 nitrogen and oxygen atoms in total. The highest BCUT2D eigenvalue weighted by Gasteiger charge is 2.24. The van der Waals surface area contributed by atoms with Crippen molar-refractivity contribution in [1.29, 1.82) is 0 Å². The van der Waals surface area contributed by atoms with Gasteiger partial charge in [-0.15, -0.1) is 0 Å². The van der Waals surface area contributed by atoms with E-state index in [4.69, 9.17) is 9.47 Å². The van der Waals surface area contributed by atoms with E-state index in [9.17, 15) is 13.2 Å². The molecule has 1 amide bonds. The van der Waals surface area contributed by atoms with Gasteiger partial charge in [-0.2, -0.15) is 0 Å². The van der Waals surface area contributed by atoms with E-state index < -0.39 is 10.0 Å². The third kappa shape index (κ3) is 6.01. The highest BCUT2D eigenvalue weighted by Crippen LogP contribution is 2.31. The summed E-state index contributed by atoms with van der Waals surface area (Å²) in [5.74, 6) is 0.693. The second kappa shape index (κ2) is 11.6. The zero-order chi connectivity index (χ0) is 24.7. The van der Waals surface area contributed by atoms with Crippen LogP contribution in [-0.2, 0) is 10.0 Å². The Morgan fingerprint density at radius 3 is 2.50 bits per heavy atom. The summed E-state index contributed by atoms with van der Waals surface area (Å²) in [7, 11) is -0.959. The summed E-state index contributed by atoms with van der Waals surface area (Å²) in [5, 5.41) is 0. The molecule has 1 N–H and O–H groups in total. The van der Waals surface area contributed by atoms with Crippen LogP contribution < -0.4 is 14.2 Å². The fraction of sp³-hybridized carbons (Fsp3) is 0.480. The third-order valence-electron chi connectivity index (χ3n) is 6.18. The quantitative estimate of drug-likeness (QED) is 0.577. The van der Waals surface area contributed by atoms with E-state index in [1.807, 2.05) is 4.90 Å². The van der Waals surface area contributed by atoms with E-state index in [-0.39, 0.29) is 10.8 Å². The van der Waals surface area contributed by atoms with Crippen molar-refractivity contribution in [2.24, 2.45) is 0 Å². The topological polar surface area (TPSA) is 88.2 Å². The van der Waals surface area contributed by atoms with Gasteiger partial charge in [0.25, 0.3) is 15.9 Å². The molecule has 0 aromatic heterocycles. The molecule has 9 heteroatoms. The Labute approximate surface area is 202 Å². The van der Waals surface area contributed by atoms with Crippen LogP contribution in [0.4, 0.5) is 5.69 Å². The Hall–Kier alpha value is -2.78. The molecule has 34 heavy (non-hydrogen) atoms. The number of amides is 1. The smallest absolute Gasteiger partial charge is 0.262 e. The third-order valence-corrected chi connectivity index (χ3v) is 7.54. The lowest BCUT2D eigenvalue weighted by molar-refractivity contribution is 0.0760. The van der Waals surface area contributed by atoms with E-state index >= 15 is 0 Å². The van der Waals surface area contributed by atoms with Crippen molar-refractivity contribution >= 4 is 21.6 Å². The number of carbonyl (C=O) groups is 1. The number of ether oxygens (including phenoxy) is 2. The summed E-state index contributed by atoms with van der Waals surface area (Å²) in [4.78, 5) is 17.7. The molecule has 0 spiro atoms. The van der Waals surface area contributed by atoms with Crippen LogP contribution in [0.15, 0.2) is 41.3 Å². The minimum atomic E-state index is -3.90. The van der Waals surface area contributed by atoms with Crippen LogP contribution >= 0.6 is 0 Å². The number of methoxy groups -OCH3 is 2. The van der Waals surface area contributed by atoms with E-state index in [1.165, 1.54) is 26.4 Å². The van der Waals surface area contributed by atoms with E-state index in [0.717, 1.165) is 38.9 Å². The van der Waals surface area contributed by atoms with Gasteiger partial charge < -0.3 is 19.3 Å². The molecule has 3 rings (SSSR count). The molecule has 0 saturated carbocycles. The molecule has 2 aromatic carbocycles. The maximum atomic E-state index is 13.3. The average Bonchev–Trinajstić information content (AvgIpc) is 3.08. The van der Waals surface area contributed by atoms with Gasteiger partial charge in [0, 0.05) is 31.3 Å². The first-order valence-corrected chi connectivity index (χ1v) is 13.1. The van der Waals surface area contributed by atoms with Crippen LogP contribution in [0.1, 0.15) is 42.1 Å². The van der Waals surface area contributed by atoms with Crippen LogP contribution in [0.5, 0.6) is 11.5 Å². The summed E-state index contributed by atoms with van der Waals surface area (Å²) in [6, 6.07) is 9.54. The normalized spacial score (nSPS) is 15.0. The van der Waals surface area contributed by atoms with Gasteiger partial charge in [0.15, 0.2) is 11.5 Å². The summed E-state index contributed by atoms with van der Waals surface area (Å²) in [5.41, 5.74) is 1.48. The van der Waals surface area contributed by atoms with Crippen LogP contribution in [0.3, 0.4) is 0 Å². The van der Waals surface area contributed by atoms with E-state index in [0.29, 0.717) is 41.4 Å². The highest BCUT2D eigenvalue weighted by molar-refractivity contribution is 7.92. The molecule has 186 valence electrons. The molecule has 0 aliphatic carbocycles. The number of rotatable bonds is 9. The van der Waals surface area contributed by atoms with Crippen molar-refractivity contribution < 1.29 is 22.7 Å². The highest BCUT2D eigenvalue weighted by atomic mass is 32.2. The fourth-order valence-electron chi connectivity index (χ4n) is 4.11. The lowest BCUT2D eigenvalue weighted by atomic mass is 10.1. The Kier molecular flexibility index (Phi) is 8.79. The van der Waals surface area contributed by atoms with Crippen molar-refractivity contribution in [3.05, 3.63) is 47.5 Å². The van der Waals surface area contributed by atoms with E-state index in [2.05, 4.69) is 16.5 Å². The first kappa shape index (κ1) is 25.8. The van der Waals surface area contributed by atoms with Gasteiger partial charge in [-0.05, 0) is 62.7 Å². The van der Waals surface area contributed by atoms with Gasteiger partial charge in [0.05, 0.1) is 24.8 Å². The number of anilines is 1. The van der Waals surface area contributed by atoms with Crippen molar-refractivity contribution in [3.63, 3.8) is 0 Å². The Morgan fingerprint density at radius 1 is 1.03 bits per heavy atom. The number of unbranched alkanes of at least 4 members (excludes halogenated alkanes) is 1. The molecule has 1 saturated heterocycles. The summed E-state index contributed by atoms with van der Waals surface area (Å²) in [6.07, 6.45) is 3.25. The predicted octanol–water partition coefficient (Wildman–Crippen LogP) is 3.76. The SMILES string of the molecule is CCCCN1CCCN(C(=O)c2cccc(NS(=O)(=O)c3ccc(OC)c(OC)c3)c2C)CC1. The van der Waals surface area contributed by atoms with Gasteiger partial charge in [0.1, 0.15) is 0 Å². The first-order valence-electron chi connectivity index (χ1n) is 11.7.